The van der Waals surface area contributed by atoms with Gasteiger partial charge in [-0.15, -0.1) is 0 Å². The molecule has 26 heavy (non-hydrogen) atoms. The lowest BCUT2D eigenvalue weighted by molar-refractivity contribution is 0.170. The molecule has 2 aromatic heterocycles. The minimum Gasteiger partial charge on any atom is -0.387 e. The van der Waals surface area contributed by atoms with Gasteiger partial charge in [-0.2, -0.15) is 10.4 Å². The number of nitriles is 1. The predicted octanol–water partition coefficient (Wildman–Crippen LogP) is 2.83. The van der Waals surface area contributed by atoms with Crippen LogP contribution in [0.25, 0.3) is 5.69 Å². The average Bonchev–Trinajstić information content (AvgIpc) is 3.08. The van der Waals surface area contributed by atoms with E-state index in [1.54, 1.807) is 24.5 Å². The van der Waals surface area contributed by atoms with Gasteiger partial charge < -0.3 is 10.4 Å². The van der Waals surface area contributed by atoms with Gasteiger partial charge in [0, 0.05) is 36.2 Å². The van der Waals surface area contributed by atoms with Gasteiger partial charge in [0.15, 0.2) is 0 Å². The number of aliphatic hydroxyl groups excluding tert-OH is 1. The molecule has 0 aliphatic rings. The number of benzene rings is 1. The Morgan fingerprint density at radius 3 is 2.54 bits per heavy atom. The van der Waals surface area contributed by atoms with Crippen LogP contribution in [-0.4, -0.2) is 26.4 Å². The van der Waals surface area contributed by atoms with Crippen molar-refractivity contribution in [3.63, 3.8) is 0 Å². The molecule has 3 aromatic rings. The van der Waals surface area contributed by atoms with Gasteiger partial charge in [-0.25, -0.2) is 4.68 Å². The molecule has 0 amide bonds. The lowest BCUT2D eigenvalue weighted by Gasteiger charge is -2.17. The van der Waals surface area contributed by atoms with E-state index in [1.165, 1.54) is 0 Å². The first-order valence-electron chi connectivity index (χ1n) is 8.46. The molecule has 0 unspecified atom stereocenters. The Bertz CT molecular complexity index is 896. The molecule has 2 heterocycles. The lowest BCUT2D eigenvalue weighted by atomic mass is 10.1. The standard InChI is InChI=1S/C20H21N5O/c1-14(23-13-20(26)17-7-9-22-10-8-17)19-12-24-25(15(19)2)18-5-3-16(11-21)4-6-18/h3-10,12,14,20,23,26H,13H2,1-2H3/t14-,20+/m0/s1. The van der Waals surface area contributed by atoms with Crippen molar-refractivity contribution in [1.82, 2.24) is 20.1 Å². The van der Waals surface area contributed by atoms with E-state index in [-0.39, 0.29) is 6.04 Å². The highest BCUT2D eigenvalue weighted by Gasteiger charge is 2.16. The van der Waals surface area contributed by atoms with Gasteiger partial charge >= 0.3 is 0 Å². The molecule has 6 nitrogen and oxygen atoms in total. The van der Waals surface area contributed by atoms with Gasteiger partial charge in [-0.1, -0.05) is 0 Å². The van der Waals surface area contributed by atoms with Crippen LogP contribution in [0.4, 0.5) is 0 Å². The molecule has 2 atom stereocenters. The molecule has 0 spiro atoms. The van der Waals surface area contributed by atoms with E-state index in [1.807, 2.05) is 49.0 Å². The zero-order valence-electron chi connectivity index (χ0n) is 14.8. The minimum absolute atomic E-state index is 0.0404. The lowest BCUT2D eigenvalue weighted by Crippen LogP contribution is -2.25. The Morgan fingerprint density at radius 1 is 1.19 bits per heavy atom. The summed E-state index contributed by atoms with van der Waals surface area (Å²) in [4.78, 5) is 3.96. The summed E-state index contributed by atoms with van der Waals surface area (Å²) in [6, 6.07) is 13.1. The second-order valence-corrected chi connectivity index (χ2v) is 6.18. The number of aromatic nitrogens is 3. The van der Waals surface area contributed by atoms with E-state index in [0.717, 1.165) is 22.5 Å². The van der Waals surface area contributed by atoms with Crippen LogP contribution in [0, 0.1) is 18.3 Å². The smallest absolute Gasteiger partial charge is 0.0991 e. The number of nitrogens with zero attached hydrogens (tertiary/aromatic N) is 4. The third kappa shape index (κ3) is 3.80. The predicted molar refractivity (Wildman–Crippen MR) is 98.6 cm³/mol. The largest absolute Gasteiger partial charge is 0.387 e. The highest BCUT2D eigenvalue weighted by atomic mass is 16.3. The van der Waals surface area contributed by atoms with Crippen molar-refractivity contribution in [2.45, 2.75) is 26.0 Å². The van der Waals surface area contributed by atoms with Crippen LogP contribution < -0.4 is 5.32 Å². The fourth-order valence-electron chi connectivity index (χ4n) is 2.89. The molecule has 0 radical (unpaired) electrons. The van der Waals surface area contributed by atoms with E-state index >= 15 is 0 Å². The fraction of sp³-hybridized carbons (Fsp3) is 0.250. The Labute approximate surface area is 152 Å². The fourth-order valence-corrected chi connectivity index (χ4v) is 2.89. The van der Waals surface area contributed by atoms with Crippen LogP contribution in [0.2, 0.25) is 0 Å². The summed E-state index contributed by atoms with van der Waals surface area (Å²) in [5.74, 6) is 0. The molecule has 2 N–H and O–H groups in total. The molecule has 0 aliphatic carbocycles. The van der Waals surface area contributed by atoms with Crippen LogP contribution in [-0.2, 0) is 0 Å². The first-order chi connectivity index (χ1) is 12.6. The number of rotatable bonds is 6. The van der Waals surface area contributed by atoms with Crippen molar-refractivity contribution < 1.29 is 5.11 Å². The molecule has 0 fully saturated rings. The topological polar surface area (TPSA) is 86.8 Å². The summed E-state index contributed by atoms with van der Waals surface area (Å²) in [6.07, 6.45) is 4.60. The summed E-state index contributed by atoms with van der Waals surface area (Å²) in [5, 5.41) is 27.0. The first-order valence-corrected chi connectivity index (χ1v) is 8.46. The zero-order valence-corrected chi connectivity index (χ0v) is 14.8. The maximum atomic E-state index is 10.3. The monoisotopic (exact) mass is 347 g/mol. The van der Waals surface area contributed by atoms with Crippen LogP contribution in [0.1, 0.15) is 41.5 Å². The van der Waals surface area contributed by atoms with Crippen molar-refractivity contribution in [2.24, 2.45) is 0 Å². The molecular formula is C20H21N5O. The molecule has 0 bridgehead atoms. The van der Waals surface area contributed by atoms with E-state index in [0.29, 0.717) is 12.1 Å². The summed E-state index contributed by atoms with van der Waals surface area (Å²) in [6.45, 7) is 4.50. The summed E-state index contributed by atoms with van der Waals surface area (Å²) >= 11 is 0. The summed E-state index contributed by atoms with van der Waals surface area (Å²) in [7, 11) is 0. The van der Waals surface area contributed by atoms with Crippen molar-refractivity contribution in [3.8, 4) is 11.8 Å². The van der Waals surface area contributed by atoms with E-state index < -0.39 is 6.10 Å². The van der Waals surface area contributed by atoms with E-state index in [9.17, 15) is 5.11 Å². The van der Waals surface area contributed by atoms with Gasteiger partial charge in [0.25, 0.3) is 0 Å². The van der Waals surface area contributed by atoms with Crippen LogP contribution in [0.5, 0.6) is 0 Å². The van der Waals surface area contributed by atoms with Crippen molar-refractivity contribution in [3.05, 3.63) is 77.4 Å². The van der Waals surface area contributed by atoms with E-state index in [2.05, 4.69) is 21.5 Å². The maximum Gasteiger partial charge on any atom is 0.0991 e. The highest BCUT2D eigenvalue weighted by Crippen LogP contribution is 2.21. The van der Waals surface area contributed by atoms with Crippen LogP contribution in [0.3, 0.4) is 0 Å². The number of pyridine rings is 1. The van der Waals surface area contributed by atoms with Crippen molar-refractivity contribution >= 4 is 0 Å². The SMILES string of the molecule is Cc1c([C@H](C)NC[C@@H](O)c2ccncc2)cnn1-c1ccc(C#N)cc1. The van der Waals surface area contributed by atoms with Crippen molar-refractivity contribution in [1.29, 1.82) is 5.26 Å². The van der Waals surface area contributed by atoms with Gasteiger partial charge in [0.1, 0.15) is 0 Å². The molecule has 0 saturated carbocycles. The Morgan fingerprint density at radius 2 is 1.88 bits per heavy atom. The molecule has 0 saturated heterocycles. The molecule has 3 rings (SSSR count). The zero-order chi connectivity index (χ0) is 18.5. The van der Waals surface area contributed by atoms with Crippen LogP contribution >= 0.6 is 0 Å². The quantitative estimate of drug-likeness (QED) is 0.716. The second kappa shape index (κ2) is 7.91. The molecule has 0 aliphatic heterocycles. The molecule has 1 aromatic carbocycles. The second-order valence-electron chi connectivity index (χ2n) is 6.18. The van der Waals surface area contributed by atoms with Gasteiger partial charge in [-0.05, 0) is 55.8 Å². The average molecular weight is 347 g/mol. The molecular weight excluding hydrogens is 326 g/mol. The van der Waals surface area contributed by atoms with Crippen LogP contribution in [0.15, 0.2) is 55.0 Å². The van der Waals surface area contributed by atoms with Crippen molar-refractivity contribution in [2.75, 3.05) is 6.54 Å². The maximum absolute atomic E-state index is 10.3. The van der Waals surface area contributed by atoms with Gasteiger partial charge in [0.2, 0.25) is 0 Å². The Balaban J connectivity index is 1.69. The summed E-state index contributed by atoms with van der Waals surface area (Å²) < 4.78 is 1.86. The Hall–Kier alpha value is -3.01. The number of hydrogen-bond donors (Lipinski definition) is 2. The third-order valence-corrected chi connectivity index (χ3v) is 4.46. The van der Waals surface area contributed by atoms with E-state index in [4.69, 9.17) is 5.26 Å². The first kappa shape index (κ1) is 17.8. The summed E-state index contributed by atoms with van der Waals surface area (Å²) in [5.41, 5.74) is 4.46. The van der Waals surface area contributed by atoms with Gasteiger partial charge in [-0.3, -0.25) is 4.98 Å². The van der Waals surface area contributed by atoms with Gasteiger partial charge in [0.05, 0.1) is 29.6 Å². The number of hydrogen-bond acceptors (Lipinski definition) is 5. The highest BCUT2D eigenvalue weighted by molar-refractivity contribution is 5.41. The molecule has 6 heteroatoms. The Kier molecular flexibility index (Phi) is 5.42. The minimum atomic E-state index is -0.589. The third-order valence-electron chi connectivity index (χ3n) is 4.46. The normalized spacial score (nSPS) is 13.2. The number of nitrogens with one attached hydrogen (secondary N) is 1. The number of aliphatic hydroxyl groups is 1. The molecule has 132 valence electrons.